The van der Waals surface area contributed by atoms with Crippen LogP contribution in [0.5, 0.6) is 5.75 Å². The van der Waals surface area contributed by atoms with E-state index in [1.165, 1.54) is 30.3 Å². The Balaban J connectivity index is 1.51. The minimum Gasteiger partial charge on any atom is -0.484 e. The predicted octanol–water partition coefficient (Wildman–Crippen LogP) is 6.74. The lowest BCUT2D eigenvalue weighted by Gasteiger charge is -2.10. The molecule has 5 aromatic rings. The number of hydrogen-bond donors (Lipinski definition) is 2. The summed E-state index contributed by atoms with van der Waals surface area (Å²) >= 11 is 6.76. The quantitative estimate of drug-likeness (QED) is 0.192. The fraction of sp³-hybridized carbons (Fsp3) is 0.185. The highest BCUT2D eigenvalue weighted by Gasteiger charge is 2.27. The number of fused-ring (bicyclic) bond motifs is 1. The lowest BCUT2D eigenvalue weighted by molar-refractivity contribution is 0.0992. The van der Waals surface area contributed by atoms with Crippen LogP contribution in [0.25, 0.3) is 21.3 Å². The molecule has 14 heteroatoms. The van der Waals surface area contributed by atoms with Crippen LogP contribution in [-0.4, -0.2) is 26.6 Å². The Morgan fingerprint density at radius 3 is 2.66 bits per heavy atom. The number of carbonyl (C=O) groups is 2. The molecule has 0 saturated heterocycles. The number of alkyl halides is 2. The summed E-state index contributed by atoms with van der Waals surface area (Å²) in [6.07, 6.45) is -1.19. The zero-order valence-electron chi connectivity index (χ0n) is 21.5. The average molecular weight is 604 g/mol. The fourth-order valence-electron chi connectivity index (χ4n) is 4.17. The number of benzene rings is 1. The van der Waals surface area contributed by atoms with Crippen LogP contribution in [0.2, 0.25) is 5.02 Å². The van der Waals surface area contributed by atoms with Gasteiger partial charge in [-0.3, -0.25) is 14.3 Å². The van der Waals surface area contributed by atoms with Gasteiger partial charge in [0.1, 0.15) is 39.3 Å². The van der Waals surface area contributed by atoms with E-state index in [4.69, 9.17) is 26.5 Å². The number of aryl methyl sites for hydroxylation is 2. The molecule has 0 saturated carbocycles. The smallest absolute Gasteiger partial charge is 0.291 e. The Labute approximate surface area is 239 Å². The van der Waals surface area contributed by atoms with Crippen molar-refractivity contribution in [2.75, 3.05) is 5.32 Å². The molecule has 0 spiro atoms. The number of nitrogens with zero attached hydrogens (tertiary/aromatic N) is 3. The Morgan fingerprint density at radius 2 is 2.00 bits per heavy atom. The summed E-state index contributed by atoms with van der Waals surface area (Å²) in [6, 6.07) is 7.75. The van der Waals surface area contributed by atoms with Crippen molar-refractivity contribution in [1.82, 2.24) is 14.8 Å². The molecule has 4 heterocycles. The Bertz CT molecular complexity index is 1800. The summed E-state index contributed by atoms with van der Waals surface area (Å²) in [6.45, 7) is 4.02. The van der Waals surface area contributed by atoms with Crippen LogP contribution in [0.4, 0.5) is 18.9 Å². The molecule has 1 aromatic carbocycles. The SMILES string of the molecule is CCn1cc(-c2cc(C(F)F)nc3sc(C(N)=O)c(NC(=O)c4ccc(COc5ccc(F)cc5Cl)o4)c23)c(C)n1. The summed E-state index contributed by atoms with van der Waals surface area (Å²) in [4.78, 5) is 29.7. The van der Waals surface area contributed by atoms with E-state index in [2.05, 4.69) is 15.4 Å². The van der Waals surface area contributed by atoms with E-state index in [9.17, 15) is 22.8 Å². The maximum Gasteiger partial charge on any atom is 0.291 e. The molecule has 9 nitrogen and oxygen atoms in total. The molecule has 0 bridgehead atoms. The highest BCUT2D eigenvalue weighted by Crippen LogP contribution is 2.43. The number of anilines is 1. The van der Waals surface area contributed by atoms with E-state index in [1.807, 2.05) is 6.92 Å². The van der Waals surface area contributed by atoms with Crippen LogP contribution < -0.4 is 15.8 Å². The van der Waals surface area contributed by atoms with E-state index >= 15 is 0 Å². The van der Waals surface area contributed by atoms with Crippen molar-refractivity contribution in [3.63, 3.8) is 0 Å². The zero-order chi connectivity index (χ0) is 29.4. The molecule has 0 aliphatic carbocycles. The summed E-state index contributed by atoms with van der Waals surface area (Å²) in [5.41, 5.74) is 6.52. The van der Waals surface area contributed by atoms with E-state index < -0.39 is 29.8 Å². The van der Waals surface area contributed by atoms with Gasteiger partial charge < -0.3 is 20.2 Å². The fourth-order valence-corrected chi connectivity index (χ4v) is 5.41. The molecule has 3 N–H and O–H groups in total. The Morgan fingerprint density at radius 1 is 1.22 bits per heavy atom. The van der Waals surface area contributed by atoms with Gasteiger partial charge in [-0.1, -0.05) is 11.6 Å². The van der Waals surface area contributed by atoms with Gasteiger partial charge >= 0.3 is 0 Å². The number of nitrogens with one attached hydrogen (secondary N) is 1. The molecule has 0 aliphatic rings. The van der Waals surface area contributed by atoms with Crippen LogP contribution in [0, 0.1) is 12.7 Å². The lowest BCUT2D eigenvalue weighted by Crippen LogP contribution is -2.16. The minimum atomic E-state index is -2.88. The third kappa shape index (κ3) is 5.63. The van der Waals surface area contributed by atoms with Crippen LogP contribution in [0.3, 0.4) is 0 Å². The molecule has 5 rings (SSSR count). The van der Waals surface area contributed by atoms with Gasteiger partial charge in [0, 0.05) is 23.7 Å². The van der Waals surface area contributed by atoms with E-state index in [-0.39, 0.29) is 49.7 Å². The van der Waals surface area contributed by atoms with Gasteiger partial charge in [0.05, 0.1) is 16.4 Å². The number of aromatic nitrogens is 3. The van der Waals surface area contributed by atoms with Crippen molar-refractivity contribution in [3.8, 4) is 16.9 Å². The number of primary amides is 1. The van der Waals surface area contributed by atoms with Crippen LogP contribution >= 0.6 is 22.9 Å². The van der Waals surface area contributed by atoms with Crippen molar-refractivity contribution in [2.45, 2.75) is 33.4 Å². The van der Waals surface area contributed by atoms with Gasteiger partial charge in [-0.25, -0.2) is 18.2 Å². The number of halogens is 4. The van der Waals surface area contributed by atoms with Crippen molar-refractivity contribution in [1.29, 1.82) is 0 Å². The van der Waals surface area contributed by atoms with Crippen molar-refractivity contribution < 1.29 is 31.9 Å². The van der Waals surface area contributed by atoms with Crippen molar-refractivity contribution in [2.24, 2.45) is 5.73 Å². The number of carbonyl (C=O) groups excluding carboxylic acids is 2. The van der Waals surface area contributed by atoms with Gasteiger partial charge in [0.2, 0.25) is 0 Å². The first kappa shape index (κ1) is 28.2. The molecule has 0 aliphatic heterocycles. The van der Waals surface area contributed by atoms with E-state index in [0.717, 1.165) is 17.4 Å². The first-order valence-corrected chi connectivity index (χ1v) is 13.3. The molecule has 0 radical (unpaired) electrons. The first-order chi connectivity index (χ1) is 19.5. The van der Waals surface area contributed by atoms with E-state index in [0.29, 0.717) is 23.4 Å². The van der Waals surface area contributed by atoms with Crippen LogP contribution in [-0.2, 0) is 13.2 Å². The second-order valence-electron chi connectivity index (χ2n) is 8.81. The summed E-state index contributed by atoms with van der Waals surface area (Å²) in [7, 11) is 0. The number of ether oxygens (including phenoxy) is 1. The monoisotopic (exact) mass is 603 g/mol. The maximum atomic E-state index is 13.8. The second kappa shape index (κ2) is 11.3. The van der Waals surface area contributed by atoms with Gasteiger partial charge in [0.15, 0.2) is 5.76 Å². The highest BCUT2D eigenvalue weighted by atomic mass is 35.5. The van der Waals surface area contributed by atoms with Gasteiger partial charge in [-0.05, 0) is 55.8 Å². The summed E-state index contributed by atoms with van der Waals surface area (Å²) in [5, 5.41) is 7.38. The molecule has 4 aromatic heterocycles. The zero-order valence-corrected chi connectivity index (χ0v) is 23.1. The third-order valence-corrected chi connectivity index (χ3v) is 7.47. The summed E-state index contributed by atoms with van der Waals surface area (Å²) in [5.74, 6) is -1.78. The molecule has 212 valence electrons. The minimum absolute atomic E-state index is 0.0155. The summed E-state index contributed by atoms with van der Waals surface area (Å²) < 4.78 is 53.6. The number of amides is 2. The highest BCUT2D eigenvalue weighted by molar-refractivity contribution is 7.21. The van der Waals surface area contributed by atoms with Crippen molar-refractivity contribution >= 4 is 50.7 Å². The first-order valence-electron chi connectivity index (χ1n) is 12.1. The van der Waals surface area contributed by atoms with Crippen LogP contribution in [0.1, 0.15) is 50.7 Å². The molecule has 0 fully saturated rings. The van der Waals surface area contributed by atoms with Crippen molar-refractivity contribution in [3.05, 3.63) is 81.2 Å². The number of furan rings is 1. The average Bonchev–Trinajstić information content (AvgIpc) is 3.65. The van der Waals surface area contributed by atoms with Crippen LogP contribution in [0.15, 0.2) is 47.0 Å². The number of pyridine rings is 1. The normalized spacial score (nSPS) is 11.4. The topological polar surface area (TPSA) is 125 Å². The third-order valence-electron chi connectivity index (χ3n) is 6.08. The maximum absolute atomic E-state index is 13.8. The van der Waals surface area contributed by atoms with Gasteiger partial charge in [0.25, 0.3) is 18.2 Å². The van der Waals surface area contributed by atoms with Gasteiger partial charge in [-0.2, -0.15) is 5.10 Å². The Hall–Kier alpha value is -4.36. The van der Waals surface area contributed by atoms with E-state index in [1.54, 1.807) is 17.8 Å². The number of hydrogen-bond acceptors (Lipinski definition) is 7. The second-order valence-corrected chi connectivity index (χ2v) is 10.2. The molecule has 2 amide bonds. The standard InChI is InChI=1S/C27H21ClF3N5O4S/c1-3-36-10-16(12(2)35-36)15-9-18(24(30)31)33-27-21(15)22(23(41-27)25(32)37)34-26(38)20-7-5-14(40-20)11-39-19-6-4-13(29)8-17(19)28/h4-10,24H,3,11H2,1-2H3,(H2,32,37)(H,34,38). The number of thiophene rings is 1. The largest absolute Gasteiger partial charge is 0.484 e. The molecule has 41 heavy (non-hydrogen) atoms. The lowest BCUT2D eigenvalue weighted by atomic mass is 10.0. The number of rotatable bonds is 9. The molecule has 0 unspecified atom stereocenters. The molecular formula is C27H21ClF3N5O4S. The predicted molar refractivity (Wildman–Crippen MR) is 147 cm³/mol. The Kier molecular flexibility index (Phi) is 7.74. The number of nitrogens with two attached hydrogens (primary N) is 1. The molecule has 0 atom stereocenters. The molecular weight excluding hydrogens is 583 g/mol. The van der Waals surface area contributed by atoms with Gasteiger partial charge in [-0.15, -0.1) is 11.3 Å².